The van der Waals surface area contributed by atoms with Gasteiger partial charge >= 0.3 is 0 Å². The van der Waals surface area contributed by atoms with Crippen molar-refractivity contribution in [1.82, 2.24) is 0 Å². The summed E-state index contributed by atoms with van der Waals surface area (Å²) in [6, 6.07) is 75.3. The molecule has 0 aliphatic heterocycles. The van der Waals surface area contributed by atoms with Gasteiger partial charge in [-0.3, -0.25) is 0 Å². The van der Waals surface area contributed by atoms with Gasteiger partial charge in [0, 0.05) is 66.9 Å². The van der Waals surface area contributed by atoms with Crippen LogP contribution in [0, 0.1) is 11.6 Å². The van der Waals surface area contributed by atoms with Crippen molar-refractivity contribution in [3.05, 3.63) is 252 Å². The highest BCUT2D eigenvalue weighted by molar-refractivity contribution is 6.00. The molecule has 68 heavy (non-hydrogen) atoms. The summed E-state index contributed by atoms with van der Waals surface area (Å²) >= 11 is 0. The van der Waals surface area contributed by atoms with E-state index >= 15 is 8.78 Å². The highest BCUT2D eigenvalue weighted by Gasteiger charge is 2.42. The SMILES string of the molecule is CC1(C)c2cc(-c3ccc(N(c4ccccc4)c4ccccc4)cc3)ccc2-c2c1cc1c(F)c3c(cc1c2F)C(C)(C)c1cc(-c2ccc(N(c4ccccc4)c4ccccc4)cc2)ccc1-3. The van der Waals surface area contributed by atoms with Crippen LogP contribution in [-0.2, 0) is 10.8 Å². The van der Waals surface area contributed by atoms with Gasteiger partial charge in [-0.05, 0) is 153 Å². The molecule has 2 nitrogen and oxygen atoms in total. The molecule has 0 spiro atoms. The van der Waals surface area contributed by atoms with Crippen LogP contribution in [0.4, 0.5) is 42.9 Å². The number of nitrogens with zero attached hydrogens (tertiary/aromatic N) is 2. The fraction of sp³-hybridized carbons (Fsp3) is 0.0938. The normalized spacial score (nSPS) is 13.7. The van der Waals surface area contributed by atoms with E-state index in [0.717, 1.165) is 89.8 Å². The zero-order valence-corrected chi connectivity index (χ0v) is 38.4. The lowest BCUT2D eigenvalue weighted by atomic mass is 9.79. The Morgan fingerprint density at radius 3 is 0.882 bits per heavy atom. The average Bonchev–Trinajstić information content (AvgIpc) is 3.75. The number of hydrogen-bond acceptors (Lipinski definition) is 2. The summed E-state index contributed by atoms with van der Waals surface area (Å²) in [5, 5.41) is 0.644. The average molecular weight is 883 g/mol. The third-order valence-corrected chi connectivity index (χ3v) is 14.6. The van der Waals surface area contributed by atoms with E-state index in [2.05, 4.69) is 219 Å². The van der Waals surface area contributed by atoms with Gasteiger partial charge in [-0.1, -0.05) is 149 Å². The van der Waals surface area contributed by atoms with Gasteiger partial charge in [0.05, 0.1) is 0 Å². The van der Waals surface area contributed by atoms with E-state index in [1.54, 1.807) is 0 Å². The van der Waals surface area contributed by atoms with Crippen LogP contribution < -0.4 is 9.80 Å². The first kappa shape index (κ1) is 41.4. The first-order valence-corrected chi connectivity index (χ1v) is 23.4. The highest BCUT2D eigenvalue weighted by atomic mass is 19.1. The van der Waals surface area contributed by atoms with Crippen molar-refractivity contribution in [2.75, 3.05) is 9.80 Å². The predicted molar refractivity (Wildman–Crippen MR) is 279 cm³/mol. The maximum absolute atomic E-state index is 17.5. The Hall–Kier alpha value is -8.08. The number of para-hydroxylation sites is 4. The van der Waals surface area contributed by atoms with Crippen LogP contribution in [0.2, 0.25) is 0 Å². The summed E-state index contributed by atoms with van der Waals surface area (Å²) < 4.78 is 34.9. The number of halogens is 2. The second-order valence-electron chi connectivity index (χ2n) is 19.2. The Kier molecular flexibility index (Phi) is 9.60. The largest absolute Gasteiger partial charge is 0.311 e. The standard InChI is InChI=1S/C64H48F2N2/c1-63(2)55-37-43(41-25-31-49(32-26-41)67(45-17-9-5-10-18-45)46-19-11-6-12-20-46)29-35-51(55)59-57(63)39-53-54(61(59)65)40-58-60(62(53)66)52-36-30-44(38-56(52)64(58,3)4)42-27-33-50(34-28-42)68(47-21-13-7-14-22-47)48-23-15-8-16-24-48/h5-40H,1-4H3. The molecule has 0 amide bonds. The molecule has 0 radical (unpaired) electrons. The Bertz CT molecular complexity index is 3230. The quantitative estimate of drug-likeness (QED) is 0.150. The third kappa shape index (κ3) is 6.50. The minimum atomic E-state index is -0.570. The Balaban J connectivity index is 0.879. The van der Waals surface area contributed by atoms with E-state index in [1.807, 2.05) is 36.4 Å². The van der Waals surface area contributed by atoms with E-state index in [4.69, 9.17) is 0 Å². The molecule has 12 rings (SSSR count). The van der Waals surface area contributed by atoms with Crippen LogP contribution in [0.15, 0.2) is 218 Å². The van der Waals surface area contributed by atoms with E-state index in [-0.39, 0.29) is 11.6 Å². The molecule has 328 valence electrons. The lowest BCUT2D eigenvalue weighted by Crippen LogP contribution is -2.16. The van der Waals surface area contributed by atoms with Gasteiger partial charge in [-0.25, -0.2) is 8.78 Å². The van der Waals surface area contributed by atoms with Crippen LogP contribution in [0.25, 0.3) is 55.3 Å². The molecular weight excluding hydrogens is 835 g/mol. The van der Waals surface area contributed by atoms with Crippen molar-refractivity contribution >= 4 is 44.9 Å². The molecule has 4 heteroatoms. The van der Waals surface area contributed by atoms with Gasteiger partial charge in [-0.15, -0.1) is 0 Å². The topological polar surface area (TPSA) is 6.48 Å². The third-order valence-electron chi connectivity index (χ3n) is 14.6. The predicted octanol–water partition coefficient (Wildman–Crippen LogP) is 18.0. The molecule has 2 aliphatic carbocycles. The summed E-state index contributed by atoms with van der Waals surface area (Å²) in [5.41, 5.74) is 16.0. The number of rotatable bonds is 8. The van der Waals surface area contributed by atoms with Crippen molar-refractivity contribution in [1.29, 1.82) is 0 Å². The van der Waals surface area contributed by atoms with Crippen LogP contribution in [-0.4, -0.2) is 0 Å². The number of fused-ring (bicyclic) bond motifs is 7. The molecule has 0 saturated heterocycles. The molecule has 0 atom stereocenters. The fourth-order valence-electron chi connectivity index (χ4n) is 11.0. The minimum Gasteiger partial charge on any atom is -0.311 e. The molecule has 0 unspecified atom stereocenters. The Morgan fingerprint density at radius 2 is 0.574 bits per heavy atom. The first-order chi connectivity index (χ1) is 33.1. The van der Waals surface area contributed by atoms with Gasteiger partial charge in [0.2, 0.25) is 0 Å². The number of anilines is 6. The van der Waals surface area contributed by atoms with Gasteiger partial charge in [-0.2, -0.15) is 0 Å². The second-order valence-corrected chi connectivity index (χ2v) is 19.2. The number of hydrogen-bond donors (Lipinski definition) is 0. The van der Waals surface area contributed by atoms with Crippen molar-refractivity contribution in [3.8, 4) is 44.5 Å². The summed E-state index contributed by atoms with van der Waals surface area (Å²) in [4.78, 5) is 4.50. The molecule has 0 fully saturated rings. The van der Waals surface area contributed by atoms with E-state index in [9.17, 15) is 0 Å². The molecule has 0 N–H and O–H groups in total. The van der Waals surface area contributed by atoms with Gasteiger partial charge < -0.3 is 9.80 Å². The second kappa shape index (κ2) is 15.8. The van der Waals surface area contributed by atoms with E-state index < -0.39 is 10.8 Å². The molecule has 0 bridgehead atoms. The lowest BCUT2D eigenvalue weighted by molar-refractivity contribution is 0.616. The molecule has 10 aromatic rings. The van der Waals surface area contributed by atoms with Crippen molar-refractivity contribution in [2.24, 2.45) is 0 Å². The molecular formula is C64H48F2N2. The monoisotopic (exact) mass is 882 g/mol. The summed E-state index contributed by atoms with van der Waals surface area (Å²) in [7, 11) is 0. The summed E-state index contributed by atoms with van der Waals surface area (Å²) in [6.07, 6.45) is 0. The fourth-order valence-corrected chi connectivity index (χ4v) is 11.0. The van der Waals surface area contributed by atoms with Gasteiger partial charge in [0.25, 0.3) is 0 Å². The van der Waals surface area contributed by atoms with Gasteiger partial charge in [0.15, 0.2) is 0 Å². The maximum Gasteiger partial charge on any atom is 0.139 e. The molecule has 0 saturated carbocycles. The Labute approximate surface area is 397 Å². The summed E-state index contributed by atoms with van der Waals surface area (Å²) in [5.74, 6) is -0.727. The first-order valence-electron chi connectivity index (χ1n) is 23.4. The van der Waals surface area contributed by atoms with Crippen molar-refractivity contribution < 1.29 is 8.78 Å². The van der Waals surface area contributed by atoms with Crippen LogP contribution >= 0.6 is 0 Å². The van der Waals surface area contributed by atoms with Gasteiger partial charge in [0.1, 0.15) is 11.6 Å². The molecule has 10 aromatic carbocycles. The zero-order chi connectivity index (χ0) is 46.3. The van der Waals surface area contributed by atoms with E-state index in [1.165, 1.54) is 0 Å². The van der Waals surface area contributed by atoms with Crippen LogP contribution in [0.5, 0.6) is 0 Å². The molecule has 0 heterocycles. The molecule has 0 aromatic heterocycles. The zero-order valence-electron chi connectivity index (χ0n) is 38.4. The minimum absolute atomic E-state index is 0.322. The summed E-state index contributed by atoms with van der Waals surface area (Å²) in [6.45, 7) is 8.52. The van der Waals surface area contributed by atoms with Crippen molar-refractivity contribution in [3.63, 3.8) is 0 Å². The van der Waals surface area contributed by atoms with E-state index in [0.29, 0.717) is 21.9 Å². The van der Waals surface area contributed by atoms with Crippen LogP contribution in [0.1, 0.15) is 49.9 Å². The van der Waals surface area contributed by atoms with Crippen molar-refractivity contribution in [2.45, 2.75) is 38.5 Å². The van der Waals surface area contributed by atoms with Crippen LogP contribution in [0.3, 0.4) is 0 Å². The maximum atomic E-state index is 17.5. The Morgan fingerprint density at radius 1 is 0.294 bits per heavy atom. The lowest BCUT2D eigenvalue weighted by Gasteiger charge is -2.25. The molecule has 2 aliphatic rings. The smallest absolute Gasteiger partial charge is 0.139 e. The number of benzene rings is 10. The highest BCUT2D eigenvalue weighted by Crippen LogP contribution is 2.56.